The molecule has 4 nitrogen and oxygen atoms in total. The van der Waals surface area contributed by atoms with E-state index in [1.165, 1.54) is 0 Å². The summed E-state index contributed by atoms with van der Waals surface area (Å²) in [5.41, 5.74) is 0.0523. The van der Waals surface area contributed by atoms with Crippen LogP contribution in [-0.2, 0) is 9.59 Å². The molecule has 1 amide bonds. The first-order valence-electron chi connectivity index (χ1n) is 5.74. The molecule has 0 aliphatic rings. The molecule has 0 aromatic carbocycles. The van der Waals surface area contributed by atoms with Crippen LogP contribution in [0.1, 0.15) is 53.4 Å². The van der Waals surface area contributed by atoms with E-state index in [0.717, 1.165) is 0 Å². The first kappa shape index (κ1) is 14.9. The molecule has 1 unspecified atom stereocenters. The number of rotatable bonds is 6. The van der Waals surface area contributed by atoms with Crippen LogP contribution in [0.3, 0.4) is 0 Å². The van der Waals surface area contributed by atoms with Gasteiger partial charge in [-0.05, 0) is 25.2 Å². The number of hydrogen-bond donors (Lipinski definition) is 2. The van der Waals surface area contributed by atoms with Gasteiger partial charge in [0.2, 0.25) is 5.91 Å². The number of unbranched alkanes of at least 4 members (excludes halogenated alkanes) is 1. The van der Waals surface area contributed by atoms with E-state index in [4.69, 9.17) is 5.11 Å². The number of carboxylic acid groups (broad SMARTS) is 1. The SMILES string of the molecule is CC(NC(=O)CCCCC(=O)O)C(C)(C)C. The van der Waals surface area contributed by atoms with Gasteiger partial charge in [0.05, 0.1) is 0 Å². The van der Waals surface area contributed by atoms with E-state index in [1.54, 1.807) is 0 Å². The second kappa shape index (κ2) is 6.51. The second-order valence-electron chi connectivity index (χ2n) is 5.26. The van der Waals surface area contributed by atoms with Crippen molar-refractivity contribution in [3.8, 4) is 0 Å². The van der Waals surface area contributed by atoms with Gasteiger partial charge >= 0.3 is 5.97 Å². The van der Waals surface area contributed by atoms with E-state index < -0.39 is 5.97 Å². The highest BCUT2D eigenvalue weighted by Gasteiger charge is 2.21. The fraction of sp³-hybridized carbons (Fsp3) is 0.833. The van der Waals surface area contributed by atoms with Gasteiger partial charge in [0, 0.05) is 18.9 Å². The van der Waals surface area contributed by atoms with Crippen molar-refractivity contribution in [3.63, 3.8) is 0 Å². The van der Waals surface area contributed by atoms with Crippen LogP contribution in [0, 0.1) is 5.41 Å². The Bertz CT molecular complexity index is 243. The maximum atomic E-state index is 11.5. The number of carbonyl (C=O) groups is 2. The van der Waals surface area contributed by atoms with Crippen LogP contribution < -0.4 is 5.32 Å². The minimum absolute atomic E-state index is 0.00723. The summed E-state index contributed by atoms with van der Waals surface area (Å²) < 4.78 is 0. The maximum absolute atomic E-state index is 11.5. The third-order valence-corrected chi connectivity index (χ3v) is 2.72. The van der Waals surface area contributed by atoms with E-state index >= 15 is 0 Å². The molecule has 4 heteroatoms. The van der Waals surface area contributed by atoms with Crippen molar-refractivity contribution < 1.29 is 14.7 Å². The topological polar surface area (TPSA) is 66.4 Å². The zero-order valence-corrected chi connectivity index (χ0v) is 10.7. The summed E-state index contributed by atoms with van der Waals surface area (Å²) in [7, 11) is 0. The lowest BCUT2D eigenvalue weighted by Gasteiger charge is -2.28. The van der Waals surface area contributed by atoms with Gasteiger partial charge < -0.3 is 10.4 Å². The van der Waals surface area contributed by atoms with Crippen molar-refractivity contribution in [1.29, 1.82) is 0 Å². The Morgan fingerprint density at radius 2 is 1.69 bits per heavy atom. The highest BCUT2D eigenvalue weighted by atomic mass is 16.4. The lowest BCUT2D eigenvalue weighted by Crippen LogP contribution is -2.41. The van der Waals surface area contributed by atoms with Gasteiger partial charge in [0.25, 0.3) is 0 Å². The zero-order valence-electron chi connectivity index (χ0n) is 10.7. The van der Waals surface area contributed by atoms with E-state index in [0.29, 0.717) is 19.3 Å². The summed E-state index contributed by atoms with van der Waals surface area (Å²) in [6.45, 7) is 8.20. The largest absolute Gasteiger partial charge is 0.481 e. The molecular formula is C12H23NO3. The predicted octanol–water partition coefficient (Wildman–Crippen LogP) is 2.18. The molecule has 0 radical (unpaired) electrons. The first-order valence-corrected chi connectivity index (χ1v) is 5.74. The Morgan fingerprint density at radius 1 is 1.19 bits per heavy atom. The molecule has 0 aliphatic heterocycles. The lowest BCUT2D eigenvalue weighted by molar-refractivity contribution is -0.137. The van der Waals surface area contributed by atoms with E-state index in [-0.39, 0.29) is 23.8 Å². The molecule has 0 fully saturated rings. The molecule has 0 aromatic heterocycles. The Labute approximate surface area is 97.4 Å². The third kappa shape index (κ3) is 7.26. The normalized spacial score (nSPS) is 13.2. The molecule has 0 saturated heterocycles. The van der Waals surface area contributed by atoms with Gasteiger partial charge in [-0.3, -0.25) is 9.59 Å². The van der Waals surface area contributed by atoms with Crippen LogP contribution in [0.4, 0.5) is 0 Å². The highest BCUT2D eigenvalue weighted by molar-refractivity contribution is 5.76. The Morgan fingerprint density at radius 3 is 2.12 bits per heavy atom. The lowest BCUT2D eigenvalue weighted by atomic mass is 9.88. The van der Waals surface area contributed by atoms with Crippen LogP contribution in [0.25, 0.3) is 0 Å². The quantitative estimate of drug-likeness (QED) is 0.686. The molecule has 0 aliphatic carbocycles. The van der Waals surface area contributed by atoms with Gasteiger partial charge in [0.1, 0.15) is 0 Å². The van der Waals surface area contributed by atoms with Crippen LogP contribution in [-0.4, -0.2) is 23.0 Å². The smallest absolute Gasteiger partial charge is 0.303 e. The van der Waals surface area contributed by atoms with Crippen molar-refractivity contribution in [2.24, 2.45) is 5.41 Å². The molecule has 1 atom stereocenters. The molecule has 0 heterocycles. The standard InChI is InChI=1S/C12H23NO3/c1-9(12(2,3)4)13-10(14)7-5-6-8-11(15)16/h9H,5-8H2,1-4H3,(H,13,14)(H,15,16). The van der Waals surface area contributed by atoms with E-state index in [2.05, 4.69) is 26.1 Å². The number of carbonyl (C=O) groups excluding carboxylic acids is 1. The van der Waals surface area contributed by atoms with Gasteiger partial charge in [-0.1, -0.05) is 20.8 Å². The van der Waals surface area contributed by atoms with Crippen LogP contribution in [0.5, 0.6) is 0 Å². The molecule has 0 saturated carbocycles. The average Bonchev–Trinajstić information content (AvgIpc) is 2.10. The molecule has 0 bridgehead atoms. The number of hydrogen-bond acceptors (Lipinski definition) is 2. The fourth-order valence-electron chi connectivity index (χ4n) is 1.09. The zero-order chi connectivity index (χ0) is 12.8. The minimum Gasteiger partial charge on any atom is -0.481 e. The number of nitrogens with one attached hydrogen (secondary N) is 1. The number of carboxylic acids is 1. The Kier molecular flexibility index (Phi) is 6.08. The van der Waals surface area contributed by atoms with Crippen molar-refractivity contribution in [2.45, 2.75) is 59.4 Å². The number of amides is 1. The summed E-state index contributed by atoms with van der Waals surface area (Å²) in [4.78, 5) is 21.7. The van der Waals surface area contributed by atoms with Gasteiger partial charge in [-0.2, -0.15) is 0 Å². The van der Waals surface area contributed by atoms with E-state index in [9.17, 15) is 9.59 Å². The maximum Gasteiger partial charge on any atom is 0.303 e. The molecule has 0 rings (SSSR count). The van der Waals surface area contributed by atoms with Gasteiger partial charge in [-0.15, -0.1) is 0 Å². The highest BCUT2D eigenvalue weighted by Crippen LogP contribution is 2.18. The molecule has 94 valence electrons. The summed E-state index contributed by atoms with van der Waals surface area (Å²) in [6, 6.07) is 0.125. The fourth-order valence-corrected chi connectivity index (χ4v) is 1.09. The van der Waals surface area contributed by atoms with Crippen LogP contribution >= 0.6 is 0 Å². The average molecular weight is 229 g/mol. The van der Waals surface area contributed by atoms with E-state index in [1.807, 2.05) is 6.92 Å². The van der Waals surface area contributed by atoms with Crippen molar-refractivity contribution >= 4 is 11.9 Å². The van der Waals surface area contributed by atoms with Crippen LogP contribution in [0.15, 0.2) is 0 Å². The Balaban J connectivity index is 3.71. The Hall–Kier alpha value is -1.06. The molecule has 0 aromatic rings. The van der Waals surface area contributed by atoms with Crippen LogP contribution in [0.2, 0.25) is 0 Å². The summed E-state index contributed by atoms with van der Waals surface area (Å²) >= 11 is 0. The summed E-state index contributed by atoms with van der Waals surface area (Å²) in [5, 5.41) is 11.4. The molecule has 0 spiro atoms. The second-order valence-corrected chi connectivity index (χ2v) is 5.26. The third-order valence-electron chi connectivity index (χ3n) is 2.72. The van der Waals surface area contributed by atoms with Gasteiger partial charge in [-0.25, -0.2) is 0 Å². The molecule has 2 N–H and O–H groups in total. The summed E-state index contributed by atoms with van der Waals surface area (Å²) in [6.07, 6.45) is 1.75. The monoisotopic (exact) mass is 229 g/mol. The predicted molar refractivity (Wildman–Crippen MR) is 63.2 cm³/mol. The molecule has 16 heavy (non-hydrogen) atoms. The van der Waals surface area contributed by atoms with Crippen molar-refractivity contribution in [3.05, 3.63) is 0 Å². The molecular weight excluding hydrogens is 206 g/mol. The van der Waals surface area contributed by atoms with Crippen molar-refractivity contribution in [1.82, 2.24) is 5.32 Å². The van der Waals surface area contributed by atoms with Crippen molar-refractivity contribution in [2.75, 3.05) is 0 Å². The minimum atomic E-state index is -0.802. The summed E-state index contributed by atoms with van der Waals surface area (Å²) in [5.74, 6) is -0.795. The van der Waals surface area contributed by atoms with Gasteiger partial charge in [0.15, 0.2) is 0 Å². The first-order chi connectivity index (χ1) is 7.23. The number of aliphatic carboxylic acids is 1.